The van der Waals surface area contributed by atoms with Crippen LogP contribution in [-0.4, -0.2) is 44.5 Å². The molecule has 2 aromatic heterocycles. The van der Waals surface area contributed by atoms with Crippen molar-refractivity contribution in [2.45, 2.75) is 19.6 Å². The number of aromatic nitrogens is 4. The smallest absolute Gasteiger partial charge is 0.251 e. The zero-order valence-electron chi connectivity index (χ0n) is 11.3. The lowest BCUT2D eigenvalue weighted by Gasteiger charge is -2.31. The molecule has 1 fully saturated rings. The highest BCUT2D eigenvalue weighted by Gasteiger charge is 2.24. The summed E-state index contributed by atoms with van der Waals surface area (Å²) in [5.74, 6) is 0.601. The van der Waals surface area contributed by atoms with Gasteiger partial charge in [0.15, 0.2) is 0 Å². The molecule has 0 bridgehead atoms. The SMILES string of the molecule is Cc1cc(=O)[nH]c([C@@H]2CN(Cc3cnc[nH]3)CCO2)n1. The van der Waals surface area contributed by atoms with Crippen LogP contribution in [0.2, 0.25) is 0 Å². The van der Waals surface area contributed by atoms with Crippen molar-refractivity contribution < 1.29 is 4.74 Å². The highest BCUT2D eigenvalue weighted by molar-refractivity contribution is 5.04. The third kappa shape index (κ3) is 2.94. The Bertz CT molecular complexity index is 622. The van der Waals surface area contributed by atoms with Crippen LogP contribution in [0.3, 0.4) is 0 Å². The van der Waals surface area contributed by atoms with Gasteiger partial charge in [-0.1, -0.05) is 0 Å². The van der Waals surface area contributed by atoms with E-state index in [0.717, 1.165) is 18.8 Å². The monoisotopic (exact) mass is 275 g/mol. The zero-order chi connectivity index (χ0) is 13.9. The van der Waals surface area contributed by atoms with Gasteiger partial charge in [-0.2, -0.15) is 0 Å². The van der Waals surface area contributed by atoms with E-state index in [2.05, 4.69) is 24.8 Å². The summed E-state index contributed by atoms with van der Waals surface area (Å²) in [4.78, 5) is 28.0. The number of aromatic amines is 2. The van der Waals surface area contributed by atoms with E-state index in [1.54, 1.807) is 6.33 Å². The van der Waals surface area contributed by atoms with Crippen LogP contribution >= 0.6 is 0 Å². The first-order valence-corrected chi connectivity index (χ1v) is 6.60. The van der Waals surface area contributed by atoms with Crippen molar-refractivity contribution in [3.8, 4) is 0 Å². The van der Waals surface area contributed by atoms with Gasteiger partial charge in [0.2, 0.25) is 0 Å². The Labute approximate surface area is 116 Å². The van der Waals surface area contributed by atoms with E-state index in [4.69, 9.17) is 4.74 Å². The number of hydrogen-bond acceptors (Lipinski definition) is 5. The lowest BCUT2D eigenvalue weighted by Crippen LogP contribution is -2.39. The summed E-state index contributed by atoms with van der Waals surface area (Å²) < 4.78 is 5.72. The molecule has 106 valence electrons. The first kappa shape index (κ1) is 13.0. The molecule has 0 amide bonds. The van der Waals surface area contributed by atoms with Crippen LogP contribution in [0.15, 0.2) is 23.4 Å². The van der Waals surface area contributed by atoms with Crippen molar-refractivity contribution in [3.63, 3.8) is 0 Å². The number of morpholine rings is 1. The van der Waals surface area contributed by atoms with Gasteiger partial charge in [-0.15, -0.1) is 0 Å². The Kier molecular flexibility index (Phi) is 3.62. The summed E-state index contributed by atoms with van der Waals surface area (Å²) in [5, 5.41) is 0. The molecular weight excluding hydrogens is 258 g/mol. The fourth-order valence-corrected chi connectivity index (χ4v) is 2.38. The second-order valence-corrected chi connectivity index (χ2v) is 4.94. The number of H-pyrrole nitrogens is 2. The summed E-state index contributed by atoms with van der Waals surface area (Å²) in [7, 11) is 0. The summed E-state index contributed by atoms with van der Waals surface area (Å²) in [6.07, 6.45) is 3.30. The van der Waals surface area contributed by atoms with Gasteiger partial charge in [0.05, 0.1) is 12.9 Å². The Morgan fingerprint density at radius 2 is 2.45 bits per heavy atom. The minimum atomic E-state index is -0.195. The van der Waals surface area contributed by atoms with E-state index in [9.17, 15) is 4.79 Å². The molecule has 7 nitrogen and oxygen atoms in total. The van der Waals surface area contributed by atoms with Crippen molar-refractivity contribution in [1.82, 2.24) is 24.8 Å². The Morgan fingerprint density at radius 1 is 1.55 bits per heavy atom. The largest absolute Gasteiger partial charge is 0.368 e. The fraction of sp³-hybridized carbons (Fsp3) is 0.462. The van der Waals surface area contributed by atoms with Gasteiger partial charge in [0, 0.05) is 43.3 Å². The van der Waals surface area contributed by atoms with E-state index in [0.29, 0.717) is 24.7 Å². The van der Waals surface area contributed by atoms with Crippen molar-refractivity contribution >= 4 is 0 Å². The Balaban J connectivity index is 1.72. The number of imidazole rings is 1. The second-order valence-electron chi connectivity index (χ2n) is 4.94. The lowest BCUT2D eigenvalue weighted by atomic mass is 10.2. The van der Waals surface area contributed by atoms with E-state index in [1.807, 2.05) is 13.1 Å². The molecule has 0 aromatic carbocycles. The summed E-state index contributed by atoms with van der Waals surface area (Å²) >= 11 is 0. The van der Waals surface area contributed by atoms with Gasteiger partial charge in [0.25, 0.3) is 5.56 Å². The third-order valence-corrected chi connectivity index (χ3v) is 3.29. The average Bonchev–Trinajstić information content (AvgIpc) is 2.91. The van der Waals surface area contributed by atoms with Crippen molar-refractivity contribution in [1.29, 1.82) is 0 Å². The molecule has 2 N–H and O–H groups in total. The number of hydrogen-bond donors (Lipinski definition) is 2. The van der Waals surface area contributed by atoms with Crippen LogP contribution in [0.4, 0.5) is 0 Å². The minimum absolute atomic E-state index is 0.137. The van der Waals surface area contributed by atoms with Gasteiger partial charge in [-0.3, -0.25) is 9.69 Å². The maximum absolute atomic E-state index is 11.5. The fourth-order valence-electron chi connectivity index (χ4n) is 2.38. The molecular formula is C13H17N5O2. The Hall–Kier alpha value is -1.99. The van der Waals surface area contributed by atoms with Gasteiger partial charge in [-0.05, 0) is 6.92 Å². The predicted molar refractivity (Wildman–Crippen MR) is 72.2 cm³/mol. The third-order valence-electron chi connectivity index (χ3n) is 3.29. The molecule has 1 atom stereocenters. The van der Waals surface area contributed by atoms with Crippen LogP contribution in [0.5, 0.6) is 0 Å². The molecule has 7 heteroatoms. The molecule has 3 rings (SSSR count). The molecule has 1 saturated heterocycles. The molecule has 1 aliphatic rings. The molecule has 20 heavy (non-hydrogen) atoms. The molecule has 0 aliphatic carbocycles. The van der Waals surface area contributed by atoms with Crippen LogP contribution in [0, 0.1) is 6.92 Å². The minimum Gasteiger partial charge on any atom is -0.368 e. The summed E-state index contributed by atoms with van der Waals surface area (Å²) in [5.41, 5.74) is 1.64. The Morgan fingerprint density at radius 3 is 3.20 bits per heavy atom. The summed E-state index contributed by atoms with van der Waals surface area (Å²) in [6, 6.07) is 1.48. The first-order chi connectivity index (χ1) is 9.70. The van der Waals surface area contributed by atoms with Crippen LogP contribution in [-0.2, 0) is 11.3 Å². The van der Waals surface area contributed by atoms with E-state index < -0.39 is 0 Å². The standard InChI is InChI=1S/C13H17N5O2/c1-9-4-12(19)17-13(16-9)11-7-18(2-3-20-11)6-10-5-14-8-15-10/h4-5,8,11H,2-3,6-7H2,1H3,(H,14,15)(H,16,17,19)/t11-/m0/s1. The predicted octanol–water partition coefficient (Wildman–Crippen LogP) is 0.375. The van der Waals surface area contributed by atoms with Gasteiger partial charge < -0.3 is 14.7 Å². The topological polar surface area (TPSA) is 86.9 Å². The summed E-state index contributed by atoms with van der Waals surface area (Å²) in [6.45, 7) is 4.77. The van der Waals surface area contributed by atoms with Crippen molar-refractivity contribution in [3.05, 3.63) is 46.2 Å². The molecule has 0 unspecified atom stereocenters. The second kappa shape index (κ2) is 5.56. The molecule has 0 saturated carbocycles. The van der Waals surface area contributed by atoms with Crippen molar-refractivity contribution in [2.24, 2.45) is 0 Å². The van der Waals surface area contributed by atoms with Gasteiger partial charge in [0.1, 0.15) is 11.9 Å². The van der Waals surface area contributed by atoms with E-state index >= 15 is 0 Å². The van der Waals surface area contributed by atoms with Crippen LogP contribution in [0.25, 0.3) is 0 Å². The number of ether oxygens (including phenoxy) is 1. The van der Waals surface area contributed by atoms with E-state index in [-0.39, 0.29) is 11.7 Å². The molecule has 3 heterocycles. The average molecular weight is 275 g/mol. The van der Waals surface area contributed by atoms with Gasteiger partial charge >= 0.3 is 0 Å². The number of nitrogens with zero attached hydrogens (tertiary/aromatic N) is 3. The highest BCUT2D eigenvalue weighted by Crippen LogP contribution is 2.19. The van der Waals surface area contributed by atoms with Crippen molar-refractivity contribution in [2.75, 3.05) is 19.7 Å². The molecule has 0 spiro atoms. The van der Waals surface area contributed by atoms with Gasteiger partial charge in [-0.25, -0.2) is 9.97 Å². The molecule has 2 aromatic rings. The normalized spacial score (nSPS) is 20.1. The zero-order valence-corrected chi connectivity index (χ0v) is 11.3. The molecule has 1 aliphatic heterocycles. The van der Waals surface area contributed by atoms with Crippen LogP contribution in [0.1, 0.15) is 23.3 Å². The highest BCUT2D eigenvalue weighted by atomic mass is 16.5. The first-order valence-electron chi connectivity index (χ1n) is 6.60. The number of aryl methyl sites for hydroxylation is 1. The maximum Gasteiger partial charge on any atom is 0.251 e. The van der Waals surface area contributed by atoms with Crippen LogP contribution < -0.4 is 5.56 Å². The quantitative estimate of drug-likeness (QED) is 0.845. The molecule has 0 radical (unpaired) electrons. The lowest BCUT2D eigenvalue weighted by molar-refractivity contribution is -0.0377. The maximum atomic E-state index is 11.5. The number of rotatable bonds is 3. The van der Waals surface area contributed by atoms with E-state index in [1.165, 1.54) is 6.07 Å². The number of nitrogens with one attached hydrogen (secondary N) is 2.